The molecule has 110 valence electrons. The summed E-state index contributed by atoms with van der Waals surface area (Å²) in [6.07, 6.45) is 7.24. The molecule has 2 heterocycles. The minimum atomic E-state index is 0.952. The van der Waals surface area contributed by atoms with Crippen LogP contribution in [-0.2, 0) is 0 Å². The zero-order valence-corrected chi connectivity index (χ0v) is 14.1. The molecule has 1 aromatic rings. The van der Waals surface area contributed by atoms with Gasteiger partial charge in [-0.25, -0.2) is 0 Å². The first-order chi connectivity index (χ1) is 9.81. The molecule has 0 bridgehead atoms. The SMILES string of the molecule is Ic1ccc(N2CCN(CC3CCCCC3)CC2)nn1. The van der Waals surface area contributed by atoms with E-state index in [0.717, 1.165) is 28.5 Å². The molecule has 0 spiro atoms. The molecule has 1 saturated heterocycles. The van der Waals surface area contributed by atoms with Crippen molar-refractivity contribution in [1.29, 1.82) is 0 Å². The first kappa shape index (κ1) is 14.5. The van der Waals surface area contributed by atoms with E-state index in [4.69, 9.17) is 0 Å². The predicted octanol–water partition coefficient (Wildman–Crippen LogP) is 2.78. The van der Waals surface area contributed by atoms with E-state index in [1.807, 2.05) is 6.07 Å². The number of anilines is 1. The molecule has 3 rings (SSSR count). The third-order valence-electron chi connectivity index (χ3n) is 4.56. The van der Waals surface area contributed by atoms with Gasteiger partial charge < -0.3 is 4.90 Å². The van der Waals surface area contributed by atoms with E-state index in [9.17, 15) is 0 Å². The summed E-state index contributed by atoms with van der Waals surface area (Å²) in [6, 6.07) is 4.13. The van der Waals surface area contributed by atoms with Crippen molar-refractivity contribution in [3.8, 4) is 0 Å². The lowest BCUT2D eigenvalue weighted by atomic mass is 9.89. The van der Waals surface area contributed by atoms with Gasteiger partial charge in [-0.15, -0.1) is 10.2 Å². The van der Waals surface area contributed by atoms with Crippen molar-refractivity contribution in [2.24, 2.45) is 5.92 Å². The summed E-state index contributed by atoms with van der Waals surface area (Å²) in [7, 11) is 0. The highest BCUT2D eigenvalue weighted by Gasteiger charge is 2.22. The van der Waals surface area contributed by atoms with Crippen LogP contribution in [0.5, 0.6) is 0 Å². The van der Waals surface area contributed by atoms with Crippen LogP contribution in [0.4, 0.5) is 5.82 Å². The highest BCUT2D eigenvalue weighted by atomic mass is 127. The Morgan fingerprint density at radius 3 is 2.40 bits per heavy atom. The molecule has 0 radical (unpaired) electrons. The molecule has 1 aliphatic carbocycles. The Kier molecular flexibility index (Phi) is 5.09. The summed E-state index contributed by atoms with van der Waals surface area (Å²) in [4.78, 5) is 5.01. The molecule has 0 N–H and O–H groups in total. The molecular formula is C15H23IN4. The molecule has 2 aliphatic rings. The first-order valence-corrected chi connectivity index (χ1v) is 8.86. The molecule has 1 aliphatic heterocycles. The minimum Gasteiger partial charge on any atom is -0.353 e. The van der Waals surface area contributed by atoms with Crippen LogP contribution in [0.3, 0.4) is 0 Å². The topological polar surface area (TPSA) is 32.3 Å². The summed E-state index contributed by atoms with van der Waals surface area (Å²) in [6.45, 7) is 5.82. The van der Waals surface area contributed by atoms with Gasteiger partial charge in [0.05, 0.1) is 0 Å². The summed E-state index contributed by atoms with van der Waals surface area (Å²) in [5.74, 6) is 1.98. The highest BCUT2D eigenvalue weighted by Crippen LogP contribution is 2.25. The molecule has 20 heavy (non-hydrogen) atoms. The number of hydrogen-bond donors (Lipinski definition) is 0. The average molecular weight is 386 g/mol. The maximum Gasteiger partial charge on any atom is 0.151 e. The Morgan fingerprint density at radius 1 is 1.00 bits per heavy atom. The largest absolute Gasteiger partial charge is 0.353 e. The monoisotopic (exact) mass is 386 g/mol. The molecule has 4 nitrogen and oxygen atoms in total. The van der Waals surface area contributed by atoms with Crippen LogP contribution in [-0.4, -0.2) is 47.8 Å². The van der Waals surface area contributed by atoms with Gasteiger partial charge >= 0.3 is 0 Å². The third kappa shape index (κ3) is 3.81. The van der Waals surface area contributed by atoms with Gasteiger partial charge in [-0.2, -0.15) is 0 Å². The Morgan fingerprint density at radius 2 is 1.75 bits per heavy atom. The maximum absolute atomic E-state index is 4.29. The quantitative estimate of drug-likeness (QED) is 0.748. The van der Waals surface area contributed by atoms with Gasteiger partial charge in [-0.1, -0.05) is 19.3 Å². The third-order valence-corrected chi connectivity index (χ3v) is 5.13. The summed E-state index contributed by atoms with van der Waals surface area (Å²) >= 11 is 2.20. The second-order valence-corrected chi connectivity index (χ2v) is 7.11. The van der Waals surface area contributed by atoms with E-state index >= 15 is 0 Å². The van der Waals surface area contributed by atoms with E-state index in [1.165, 1.54) is 51.7 Å². The van der Waals surface area contributed by atoms with Crippen molar-refractivity contribution in [1.82, 2.24) is 15.1 Å². The second-order valence-electron chi connectivity index (χ2n) is 6.01. The number of nitrogens with zero attached hydrogens (tertiary/aromatic N) is 4. The molecule has 1 aromatic heterocycles. The lowest BCUT2D eigenvalue weighted by Crippen LogP contribution is -2.48. The van der Waals surface area contributed by atoms with Crippen molar-refractivity contribution < 1.29 is 0 Å². The molecule has 0 aromatic carbocycles. The molecule has 0 amide bonds. The number of hydrogen-bond acceptors (Lipinski definition) is 4. The number of aromatic nitrogens is 2. The normalized spacial score (nSPS) is 22.1. The molecule has 5 heteroatoms. The number of piperazine rings is 1. The van der Waals surface area contributed by atoms with Gasteiger partial charge in [0.15, 0.2) is 5.82 Å². The van der Waals surface area contributed by atoms with Crippen LogP contribution in [0.1, 0.15) is 32.1 Å². The summed E-state index contributed by atoms with van der Waals surface area (Å²) < 4.78 is 0.960. The lowest BCUT2D eigenvalue weighted by molar-refractivity contribution is 0.191. The minimum absolute atomic E-state index is 0.952. The van der Waals surface area contributed by atoms with E-state index in [0.29, 0.717) is 0 Å². The van der Waals surface area contributed by atoms with E-state index < -0.39 is 0 Å². The first-order valence-electron chi connectivity index (χ1n) is 7.78. The van der Waals surface area contributed by atoms with Crippen molar-refractivity contribution in [3.63, 3.8) is 0 Å². The fourth-order valence-corrected chi connectivity index (χ4v) is 3.66. The maximum atomic E-state index is 4.29. The molecule has 2 fully saturated rings. The van der Waals surface area contributed by atoms with Crippen LogP contribution >= 0.6 is 22.6 Å². The van der Waals surface area contributed by atoms with Crippen molar-refractivity contribution in [3.05, 3.63) is 15.8 Å². The van der Waals surface area contributed by atoms with Crippen LogP contribution in [0, 0.1) is 9.62 Å². The van der Waals surface area contributed by atoms with Gasteiger partial charge in [0, 0.05) is 32.7 Å². The molecular weight excluding hydrogens is 363 g/mol. The van der Waals surface area contributed by atoms with E-state index in [-0.39, 0.29) is 0 Å². The van der Waals surface area contributed by atoms with E-state index in [2.05, 4.69) is 48.7 Å². The Hall–Kier alpha value is -0.430. The molecule has 0 atom stereocenters. The lowest BCUT2D eigenvalue weighted by Gasteiger charge is -2.37. The van der Waals surface area contributed by atoms with E-state index in [1.54, 1.807) is 0 Å². The fraction of sp³-hybridized carbons (Fsp3) is 0.733. The van der Waals surface area contributed by atoms with Crippen LogP contribution in [0.2, 0.25) is 0 Å². The molecule has 0 unspecified atom stereocenters. The molecule has 1 saturated carbocycles. The zero-order chi connectivity index (χ0) is 13.8. The van der Waals surface area contributed by atoms with Crippen molar-refractivity contribution >= 4 is 28.4 Å². The fourth-order valence-electron chi connectivity index (χ4n) is 3.37. The Labute approximate surface area is 135 Å². The van der Waals surface area contributed by atoms with Gasteiger partial charge in [-0.3, -0.25) is 4.90 Å². The predicted molar refractivity (Wildman–Crippen MR) is 90.0 cm³/mol. The zero-order valence-electron chi connectivity index (χ0n) is 12.0. The van der Waals surface area contributed by atoms with Crippen molar-refractivity contribution in [2.75, 3.05) is 37.6 Å². The Balaban J connectivity index is 1.47. The van der Waals surface area contributed by atoms with Gasteiger partial charge in [0.25, 0.3) is 0 Å². The number of rotatable bonds is 3. The second kappa shape index (κ2) is 7.02. The van der Waals surface area contributed by atoms with Crippen molar-refractivity contribution in [2.45, 2.75) is 32.1 Å². The van der Waals surface area contributed by atoms with Crippen LogP contribution in [0.25, 0.3) is 0 Å². The van der Waals surface area contributed by atoms with Gasteiger partial charge in [-0.05, 0) is 53.5 Å². The smallest absolute Gasteiger partial charge is 0.151 e. The Bertz CT molecular complexity index is 408. The summed E-state index contributed by atoms with van der Waals surface area (Å²) in [5.41, 5.74) is 0. The number of halogens is 1. The van der Waals surface area contributed by atoms with Crippen LogP contribution < -0.4 is 4.90 Å². The van der Waals surface area contributed by atoms with Gasteiger partial charge in [0.1, 0.15) is 3.70 Å². The summed E-state index contributed by atoms with van der Waals surface area (Å²) in [5, 5.41) is 8.44. The van der Waals surface area contributed by atoms with Crippen LogP contribution in [0.15, 0.2) is 12.1 Å². The highest BCUT2D eigenvalue weighted by molar-refractivity contribution is 14.1. The average Bonchev–Trinajstić information content (AvgIpc) is 2.50. The standard InChI is InChI=1S/C15H23IN4/c16-14-6-7-15(18-17-14)20-10-8-19(9-11-20)12-13-4-2-1-3-5-13/h6-7,13H,1-5,8-12H2. The van der Waals surface area contributed by atoms with Gasteiger partial charge in [0.2, 0.25) is 0 Å².